The molecule has 1 nitrogen and oxygen atoms in total. The molecule has 1 saturated carbocycles. The van der Waals surface area contributed by atoms with E-state index in [1.807, 2.05) is 0 Å². The van der Waals surface area contributed by atoms with Crippen molar-refractivity contribution in [1.29, 1.82) is 0 Å². The first kappa shape index (κ1) is 9.68. The molecule has 0 N–H and O–H groups in total. The molecule has 0 aromatic carbocycles. The van der Waals surface area contributed by atoms with Crippen molar-refractivity contribution in [3.8, 4) is 0 Å². The Balaban J connectivity index is 0.000000500. The molecule has 1 saturated heterocycles. The van der Waals surface area contributed by atoms with E-state index in [-0.39, 0.29) is 51.4 Å². The van der Waals surface area contributed by atoms with Crippen molar-refractivity contribution in [1.82, 2.24) is 4.90 Å². The van der Waals surface area contributed by atoms with Crippen molar-refractivity contribution in [2.45, 2.75) is 19.3 Å². The molecule has 2 aliphatic rings. The molecule has 10 heavy (non-hydrogen) atoms. The van der Waals surface area contributed by atoms with Gasteiger partial charge in [0.1, 0.15) is 0 Å². The first-order chi connectivity index (χ1) is 4.31. The van der Waals surface area contributed by atoms with Crippen molar-refractivity contribution in [2.24, 2.45) is 5.41 Å². The topological polar surface area (TPSA) is 3.24 Å². The van der Waals surface area contributed by atoms with Gasteiger partial charge in [-0.2, -0.15) is 12.8 Å². The van der Waals surface area contributed by atoms with Gasteiger partial charge < -0.3 is 11.3 Å². The second-order valence-electron chi connectivity index (χ2n) is 3.70. The van der Waals surface area contributed by atoms with Gasteiger partial charge in [0.15, 0.2) is 0 Å². The van der Waals surface area contributed by atoms with E-state index >= 15 is 0 Å². The van der Waals surface area contributed by atoms with Crippen LogP contribution in [-0.4, -0.2) is 25.0 Å². The first-order valence-corrected chi connectivity index (χ1v) is 3.81. The molecule has 0 amide bonds. The largest absolute Gasteiger partial charge is 1.00 e. The third-order valence-electron chi connectivity index (χ3n) is 2.67. The van der Waals surface area contributed by atoms with E-state index in [0.717, 1.165) is 5.41 Å². The minimum absolute atomic E-state index is 0. The smallest absolute Gasteiger partial charge is 0.328 e. The van der Waals surface area contributed by atoms with Gasteiger partial charge in [-0.05, 0) is 12.5 Å². The van der Waals surface area contributed by atoms with Crippen LogP contribution in [0.15, 0.2) is 0 Å². The molecular formula is C8H14KN. The van der Waals surface area contributed by atoms with E-state index in [0.29, 0.717) is 0 Å². The predicted molar refractivity (Wildman–Crippen MR) is 38.1 cm³/mol. The Morgan fingerprint density at radius 3 is 2.50 bits per heavy atom. The molecule has 2 heteroatoms. The van der Waals surface area contributed by atoms with Crippen molar-refractivity contribution < 1.29 is 51.4 Å². The maximum absolute atomic E-state index is 2.45. The normalized spacial score (nSPS) is 29.7. The Morgan fingerprint density at radius 1 is 1.40 bits per heavy atom. The minimum Gasteiger partial charge on any atom is -0.328 e. The molecule has 0 unspecified atom stereocenters. The third-order valence-corrected chi connectivity index (χ3v) is 2.67. The Morgan fingerprint density at radius 2 is 2.10 bits per heavy atom. The summed E-state index contributed by atoms with van der Waals surface area (Å²) < 4.78 is 0. The van der Waals surface area contributed by atoms with Crippen LogP contribution in [0.25, 0.3) is 0 Å². The van der Waals surface area contributed by atoms with E-state index in [1.54, 1.807) is 0 Å². The molecule has 0 aromatic heterocycles. The summed E-state index contributed by atoms with van der Waals surface area (Å²) in [6.45, 7) is 2.70. The van der Waals surface area contributed by atoms with Gasteiger partial charge in [0, 0.05) is 13.1 Å². The first-order valence-electron chi connectivity index (χ1n) is 3.81. The van der Waals surface area contributed by atoms with Crippen LogP contribution < -0.4 is 51.4 Å². The number of likely N-dealkylation sites (tertiary alicyclic amines) is 1. The van der Waals surface area contributed by atoms with Crippen LogP contribution in [0.2, 0.25) is 0 Å². The summed E-state index contributed by atoms with van der Waals surface area (Å²) >= 11 is 0. The molecule has 1 aliphatic carbocycles. The summed E-state index contributed by atoms with van der Waals surface area (Å²) in [6, 6.07) is 0. The van der Waals surface area contributed by atoms with Crippen molar-refractivity contribution in [3.63, 3.8) is 0 Å². The average Bonchev–Trinajstić information content (AvgIpc) is 2.12. The molecule has 1 spiro atoms. The van der Waals surface area contributed by atoms with Gasteiger partial charge in [-0.3, -0.25) is 0 Å². The molecule has 1 aliphatic heterocycles. The second kappa shape index (κ2) is 3.54. The summed E-state index contributed by atoms with van der Waals surface area (Å²) in [5, 5.41) is 0. The summed E-state index contributed by atoms with van der Waals surface area (Å²) in [7, 11) is 2.21. The molecule has 2 fully saturated rings. The summed E-state index contributed by atoms with van der Waals surface area (Å²) in [6.07, 6.45) is 6.66. The maximum Gasteiger partial charge on any atom is 1.00 e. The molecule has 0 aromatic rings. The van der Waals surface area contributed by atoms with E-state index in [1.165, 1.54) is 32.4 Å². The maximum atomic E-state index is 2.45. The molecule has 1 heterocycles. The fourth-order valence-corrected chi connectivity index (χ4v) is 2.30. The Kier molecular flexibility index (Phi) is 3.43. The zero-order chi connectivity index (χ0) is 6.32. The zero-order valence-corrected chi connectivity index (χ0v) is 10.2. The van der Waals surface area contributed by atoms with Crippen molar-refractivity contribution in [3.05, 3.63) is 6.42 Å². The van der Waals surface area contributed by atoms with Gasteiger partial charge in [0.05, 0.1) is 0 Å². The number of hydrogen-bond acceptors (Lipinski definition) is 1. The van der Waals surface area contributed by atoms with Crippen LogP contribution in [0.4, 0.5) is 0 Å². The van der Waals surface area contributed by atoms with E-state index < -0.39 is 0 Å². The summed E-state index contributed by atoms with van der Waals surface area (Å²) in [4.78, 5) is 2.42. The standard InChI is InChI=1S/C8H14N.K/c1-9-6-8(7-9)4-2-3-5-8;/h2H,3-7H2,1H3;/q-1;+1. The molecule has 0 bridgehead atoms. The van der Waals surface area contributed by atoms with Gasteiger partial charge in [-0.1, -0.05) is 6.42 Å². The fraction of sp³-hybridized carbons (Fsp3) is 0.875. The Bertz CT molecular complexity index is 110. The zero-order valence-electron chi connectivity index (χ0n) is 7.06. The molecular weight excluding hydrogens is 149 g/mol. The summed E-state index contributed by atoms with van der Waals surface area (Å²) in [5.74, 6) is 0. The Hall–Kier alpha value is 1.60. The van der Waals surface area contributed by atoms with Crippen LogP contribution in [0, 0.1) is 11.8 Å². The Labute approximate surface area is 106 Å². The van der Waals surface area contributed by atoms with Gasteiger partial charge in [0.25, 0.3) is 0 Å². The van der Waals surface area contributed by atoms with Crippen LogP contribution in [0.5, 0.6) is 0 Å². The van der Waals surface area contributed by atoms with Crippen LogP contribution in [0.1, 0.15) is 19.3 Å². The molecule has 0 atom stereocenters. The quantitative estimate of drug-likeness (QED) is 0.304. The number of rotatable bonds is 0. The van der Waals surface area contributed by atoms with Crippen LogP contribution in [-0.2, 0) is 0 Å². The summed E-state index contributed by atoms with van der Waals surface area (Å²) in [5.41, 5.74) is 0.759. The molecule has 0 radical (unpaired) electrons. The fourth-order valence-electron chi connectivity index (χ4n) is 2.30. The van der Waals surface area contributed by atoms with Gasteiger partial charge >= 0.3 is 51.4 Å². The monoisotopic (exact) mass is 163 g/mol. The number of hydrogen-bond donors (Lipinski definition) is 0. The minimum atomic E-state index is 0. The van der Waals surface area contributed by atoms with Crippen molar-refractivity contribution >= 4 is 0 Å². The molecule has 52 valence electrons. The van der Waals surface area contributed by atoms with Crippen LogP contribution >= 0.6 is 0 Å². The predicted octanol–water partition coefficient (Wildman–Crippen LogP) is -1.69. The van der Waals surface area contributed by atoms with Gasteiger partial charge in [0.2, 0.25) is 0 Å². The van der Waals surface area contributed by atoms with Crippen LogP contribution in [0.3, 0.4) is 0 Å². The van der Waals surface area contributed by atoms with E-state index in [9.17, 15) is 0 Å². The molecule has 2 rings (SSSR count). The second-order valence-corrected chi connectivity index (χ2v) is 3.70. The average molecular weight is 163 g/mol. The van der Waals surface area contributed by atoms with Gasteiger partial charge in [-0.25, -0.2) is 0 Å². The van der Waals surface area contributed by atoms with Gasteiger partial charge in [-0.15, -0.1) is 0 Å². The van der Waals surface area contributed by atoms with E-state index in [4.69, 9.17) is 0 Å². The van der Waals surface area contributed by atoms with Crippen molar-refractivity contribution in [2.75, 3.05) is 20.1 Å². The SMILES string of the molecule is CN1CC2(C[CH-]CC2)C1.[K+]. The van der Waals surface area contributed by atoms with E-state index in [2.05, 4.69) is 18.4 Å². The number of nitrogens with zero attached hydrogens (tertiary/aromatic N) is 1. The third kappa shape index (κ3) is 1.67.